The second-order valence-electron chi connectivity index (χ2n) is 36.0. The van der Waals surface area contributed by atoms with Crippen LogP contribution in [-0.4, -0.2) is 0 Å². The second kappa shape index (κ2) is 36.7. The van der Waals surface area contributed by atoms with Crippen molar-refractivity contribution in [1.82, 2.24) is 0 Å². The summed E-state index contributed by atoms with van der Waals surface area (Å²) in [5.74, 6) is 0. The molecule has 0 aliphatic heterocycles. The van der Waals surface area contributed by atoms with Crippen LogP contribution in [0.4, 0.5) is 0 Å². The number of aryl methyl sites for hydroxylation is 25. The summed E-state index contributed by atoms with van der Waals surface area (Å²) in [4.78, 5) is 0. The van der Waals surface area contributed by atoms with Crippen molar-refractivity contribution in [2.45, 2.75) is 173 Å². The zero-order valence-electron chi connectivity index (χ0n) is 77.2. The molecule has 120 heavy (non-hydrogen) atoms. The number of benzene rings is 11. The first-order chi connectivity index (χ1) is 56.9. The molecular formula is C116H128N4+4. The Bertz CT molecular complexity index is 6340. The van der Waals surface area contributed by atoms with Crippen LogP contribution in [0.5, 0.6) is 0 Å². The van der Waals surface area contributed by atoms with E-state index in [1.165, 1.54) is 245 Å². The Morgan fingerprint density at radius 1 is 0.200 bits per heavy atom. The highest BCUT2D eigenvalue weighted by molar-refractivity contribution is 5.85. The van der Waals surface area contributed by atoms with Crippen LogP contribution >= 0.6 is 0 Å². The molecule has 4 heteroatoms. The lowest BCUT2D eigenvalue weighted by Gasteiger charge is -2.18. The van der Waals surface area contributed by atoms with E-state index in [1.807, 2.05) is 0 Å². The van der Waals surface area contributed by atoms with Gasteiger partial charge in [0.2, 0.25) is 22.8 Å². The predicted molar refractivity (Wildman–Crippen MR) is 513 cm³/mol. The van der Waals surface area contributed by atoms with Crippen LogP contribution in [0.25, 0.3) is 123 Å². The van der Waals surface area contributed by atoms with Gasteiger partial charge < -0.3 is 0 Å². The van der Waals surface area contributed by atoms with Gasteiger partial charge in [-0.2, -0.15) is 0 Å². The average molecular weight is 1580 g/mol. The first-order valence-corrected chi connectivity index (χ1v) is 42.9. The predicted octanol–water partition coefficient (Wildman–Crippen LogP) is 28.4. The third-order valence-corrected chi connectivity index (χ3v) is 24.5. The van der Waals surface area contributed by atoms with Crippen LogP contribution in [0.1, 0.15) is 143 Å². The summed E-state index contributed by atoms with van der Waals surface area (Å²) < 4.78 is 9.04. The van der Waals surface area contributed by atoms with E-state index in [9.17, 15) is 0 Å². The molecule has 4 aromatic heterocycles. The van der Waals surface area contributed by atoms with E-state index in [0.29, 0.717) is 0 Å². The van der Waals surface area contributed by atoms with Gasteiger partial charge in [0, 0.05) is 69.3 Å². The monoisotopic (exact) mass is 1580 g/mol. The van der Waals surface area contributed by atoms with Crippen LogP contribution in [-0.2, 0) is 34.6 Å². The smallest absolute Gasteiger partial charge is 0.201 e. The maximum Gasteiger partial charge on any atom is 0.213 e. The first kappa shape index (κ1) is 87.3. The minimum absolute atomic E-state index is 0.288. The molecule has 4 nitrogen and oxygen atoms in total. The van der Waals surface area contributed by atoms with Crippen molar-refractivity contribution in [2.75, 3.05) is 0 Å². The molecule has 15 aromatic rings. The zero-order valence-corrected chi connectivity index (χ0v) is 77.2. The quantitative estimate of drug-likeness (QED) is 0.108. The molecule has 4 heterocycles. The molecule has 0 radical (unpaired) electrons. The van der Waals surface area contributed by atoms with Gasteiger partial charge in [0.25, 0.3) is 0 Å². The van der Waals surface area contributed by atoms with Crippen molar-refractivity contribution in [1.29, 1.82) is 0 Å². The molecule has 0 atom stereocenters. The van der Waals surface area contributed by atoms with Gasteiger partial charge in [-0.15, -0.1) is 0 Å². The Labute approximate surface area is 720 Å². The van der Waals surface area contributed by atoms with E-state index in [2.05, 4.69) is 468 Å². The molecule has 15 rings (SSSR count). The molecule has 11 aromatic carbocycles. The maximum absolute atomic E-state index is 2.39. The summed E-state index contributed by atoms with van der Waals surface area (Å²) >= 11 is 0. The largest absolute Gasteiger partial charge is 0.213 e. The third-order valence-electron chi connectivity index (χ3n) is 24.5. The maximum atomic E-state index is 2.39. The van der Waals surface area contributed by atoms with E-state index in [-0.39, 0.29) is 5.41 Å². The number of hydrogen-bond donors (Lipinski definition) is 0. The van der Waals surface area contributed by atoms with Gasteiger partial charge in [0.05, 0.1) is 0 Å². The Morgan fingerprint density at radius 2 is 0.517 bits per heavy atom. The van der Waals surface area contributed by atoms with E-state index in [4.69, 9.17) is 0 Å². The molecule has 0 amide bonds. The van der Waals surface area contributed by atoms with Crippen molar-refractivity contribution >= 4 is 0 Å². The molecule has 608 valence electrons. The fraction of sp³-hybridized carbons (Fsp3) is 0.259. The summed E-state index contributed by atoms with van der Waals surface area (Å²) in [6.45, 7) is 53.2. The van der Waals surface area contributed by atoms with Crippen molar-refractivity contribution in [3.05, 3.63) is 378 Å². The molecule has 0 bridgehead atoms. The highest BCUT2D eigenvalue weighted by Crippen LogP contribution is 2.42. The molecule has 0 unspecified atom stereocenters. The van der Waals surface area contributed by atoms with E-state index < -0.39 is 0 Å². The van der Waals surface area contributed by atoms with Gasteiger partial charge in [-0.05, 0) is 348 Å². The van der Waals surface area contributed by atoms with Crippen LogP contribution in [0.2, 0.25) is 0 Å². The van der Waals surface area contributed by atoms with Crippen molar-refractivity contribution in [2.24, 2.45) is 33.6 Å². The number of nitrogens with zero attached hydrogens (tertiary/aromatic N) is 4. The summed E-state index contributed by atoms with van der Waals surface area (Å²) in [6.07, 6.45) is 10.1. The summed E-state index contributed by atoms with van der Waals surface area (Å²) in [5, 5.41) is 0. The number of hydrogen-bond acceptors (Lipinski definition) is 0. The Hall–Kier alpha value is -12.0. The molecular weight excluding hydrogens is 1450 g/mol. The molecule has 0 saturated carbocycles. The van der Waals surface area contributed by atoms with Gasteiger partial charge in [0.15, 0.2) is 24.8 Å². The van der Waals surface area contributed by atoms with Gasteiger partial charge in [-0.3, -0.25) is 0 Å². The standard InChI is InChI=1S/C31H34N.2C30H32N.C25H30N/c1-19-13-23(5)31(24(6)14-19)29-17-30(32(8)18-25(29)7)28-16-27(21(3)15-22(28)4)26-12-10-9-11-20(26)2;1-19-11-8-9-14-25(19)26-16-27(23(5)15-22(26)4)29-17-28(24(6)18-31(29)7)30-20(2)12-10-13-21(30)3;1-19-12-13-26(21(3)14-19)28-17-30(31(7)18-24(28)6)29-16-27(22(4)15-23(29)5)25-11-9-8-10-20(25)2;1-18-7-10-21(11-8-18)22-12-9-19(2)23(16-22)24-15-20(13-14-26(24)6)17-25(3,4)5/h9-18H,1-8H3;2*8-18H,1-7H3;7-16H,17H2,1-6H3/q4*+1. The SMILES string of the molecule is Cc1cc(C)c(-c2cc(-c3cc(-c4ccccc4C)c(C)cc3C)[n+](C)cc2C)c(C)c1.Cc1ccc(-c2cc(-c3cc(-c4ccccc4C)c(C)cc3C)[n+](C)cc2C)c(C)c1.Cc1ccc(-c2ccc(C)c(-c3cc(CC(C)(C)C)cc[n+]3C)c2)cc1.Cc1ccccc1-c1cc(-c2cc(-c3c(C)cccc3C)c(C)c[n+]2C)c(C)cc1C. The molecule has 0 spiro atoms. The summed E-state index contributed by atoms with van der Waals surface area (Å²) in [5.41, 5.74) is 57.8. The van der Waals surface area contributed by atoms with Crippen molar-refractivity contribution < 1.29 is 18.3 Å². The minimum atomic E-state index is 0.288. The Morgan fingerprint density at radius 3 is 0.933 bits per heavy atom. The molecule has 0 fully saturated rings. The average Bonchev–Trinajstić information content (AvgIpc) is 0.753. The molecule has 0 aliphatic carbocycles. The van der Waals surface area contributed by atoms with Gasteiger partial charge >= 0.3 is 0 Å². The normalized spacial score (nSPS) is 11.2. The lowest BCUT2D eigenvalue weighted by Crippen LogP contribution is -2.31. The van der Waals surface area contributed by atoms with Gasteiger partial charge in [-0.25, -0.2) is 18.3 Å². The number of aromatic nitrogens is 4. The van der Waals surface area contributed by atoms with Crippen LogP contribution in [0.15, 0.2) is 255 Å². The van der Waals surface area contributed by atoms with Crippen molar-refractivity contribution in [3.8, 4) is 123 Å². The highest BCUT2D eigenvalue weighted by atomic mass is 14.9. The second-order valence-corrected chi connectivity index (χ2v) is 36.0. The minimum Gasteiger partial charge on any atom is -0.201 e. The molecule has 0 aliphatic rings. The summed E-state index contributed by atoms with van der Waals surface area (Å²) in [7, 11) is 8.60. The topological polar surface area (TPSA) is 15.5 Å². The first-order valence-electron chi connectivity index (χ1n) is 42.9. The lowest BCUT2D eigenvalue weighted by atomic mass is 9.87. The molecule has 0 saturated heterocycles. The number of rotatable bonds is 12. The van der Waals surface area contributed by atoms with E-state index in [1.54, 1.807) is 0 Å². The lowest BCUT2D eigenvalue weighted by molar-refractivity contribution is -0.660. The van der Waals surface area contributed by atoms with Crippen LogP contribution in [0.3, 0.4) is 0 Å². The third kappa shape index (κ3) is 19.5. The van der Waals surface area contributed by atoms with E-state index >= 15 is 0 Å². The van der Waals surface area contributed by atoms with E-state index in [0.717, 1.165) is 6.42 Å². The fourth-order valence-corrected chi connectivity index (χ4v) is 18.2. The Balaban J connectivity index is 0.000000147. The van der Waals surface area contributed by atoms with Crippen LogP contribution in [0, 0.1) is 151 Å². The Kier molecular flexibility index (Phi) is 26.7. The zero-order chi connectivity index (χ0) is 86.6. The van der Waals surface area contributed by atoms with Gasteiger partial charge in [0.1, 0.15) is 28.2 Å². The van der Waals surface area contributed by atoms with Gasteiger partial charge in [-0.1, -0.05) is 213 Å². The molecule has 0 N–H and O–H groups in total. The van der Waals surface area contributed by atoms with Crippen LogP contribution < -0.4 is 18.3 Å². The van der Waals surface area contributed by atoms with Crippen molar-refractivity contribution in [3.63, 3.8) is 0 Å². The highest BCUT2D eigenvalue weighted by Gasteiger charge is 2.26. The number of pyridine rings is 4. The summed E-state index contributed by atoms with van der Waals surface area (Å²) in [6, 6.07) is 85.3. The fourth-order valence-electron chi connectivity index (χ4n) is 18.2.